The van der Waals surface area contributed by atoms with Crippen LogP contribution in [0.3, 0.4) is 0 Å². The Morgan fingerprint density at radius 3 is 0.652 bits per heavy atom. The molecule has 6 saturated carbocycles. The first kappa shape index (κ1) is 42.0. The predicted molar refractivity (Wildman–Crippen MR) is 211 cm³/mol. The molecule has 6 fully saturated rings. The van der Waals surface area contributed by atoms with E-state index in [-0.39, 0.29) is 15.1 Å². The summed E-state index contributed by atoms with van der Waals surface area (Å²) in [5.41, 5.74) is 11.0. The van der Waals surface area contributed by atoms with E-state index in [1.807, 2.05) is 13.8 Å². The zero-order valence-corrected chi connectivity index (χ0v) is 35.4. The Morgan fingerprint density at radius 1 is 0.413 bits per heavy atom. The van der Waals surface area contributed by atoms with E-state index >= 15 is 0 Å². The van der Waals surface area contributed by atoms with Gasteiger partial charge in [-0.2, -0.15) is 0 Å². The van der Waals surface area contributed by atoms with Crippen molar-refractivity contribution >= 4 is 35.2 Å². The van der Waals surface area contributed by atoms with Crippen molar-refractivity contribution in [2.45, 2.75) is 240 Å². The zero-order chi connectivity index (χ0) is 32.8. The van der Waals surface area contributed by atoms with Gasteiger partial charge in [-0.15, -0.1) is 5.73 Å². The van der Waals surface area contributed by atoms with Crippen LogP contribution in [0, 0.1) is 0 Å². The molecule has 0 saturated heterocycles. The van der Waals surface area contributed by atoms with E-state index in [0.717, 1.165) is 5.57 Å². The van der Waals surface area contributed by atoms with E-state index in [1.165, 1.54) is 72.5 Å². The number of halogens is 2. The molecule has 0 spiro atoms. The van der Waals surface area contributed by atoms with Crippen molar-refractivity contribution in [3.63, 3.8) is 0 Å². The van der Waals surface area contributed by atoms with Gasteiger partial charge in [0.1, 0.15) is 0 Å². The number of rotatable bonds is 6. The van der Waals surface area contributed by atoms with Crippen LogP contribution in [0.4, 0.5) is 0 Å². The van der Waals surface area contributed by atoms with Crippen LogP contribution in [-0.4, -0.2) is 34.0 Å². The first-order valence-corrected chi connectivity index (χ1v) is 27.9. The molecule has 6 rings (SSSR count). The van der Waals surface area contributed by atoms with Crippen LogP contribution in [-0.2, 0) is 15.1 Å². The number of hydrogen-bond donors (Lipinski definition) is 0. The summed E-state index contributed by atoms with van der Waals surface area (Å²) < 4.78 is 0. The predicted octanol–water partition coefficient (Wildman–Crippen LogP) is 16.0. The van der Waals surface area contributed by atoms with Gasteiger partial charge in [0.05, 0.1) is 0 Å². The van der Waals surface area contributed by atoms with E-state index in [2.05, 4.69) is 12.3 Å². The summed E-state index contributed by atoms with van der Waals surface area (Å²) >= 11 is -0.346. The van der Waals surface area contributed by atoms with Crippen molar-refractivity contribution in [1.29, 1.82) is 0 Å². The van der Waals surface area contributed by atoms with Crippen LogP contribution in [0.15, 0.2) is 17.9 Å². The van der Waals surface area contributed by atoms with E-state index in [9.17, 15) is 0 Å². The van der Waals surface area contributed by atoms with Gasteiger partial charge >= 0.3 is 34.5 Å². The fraction of sp³-hybridized carbons (Fsp3) is 0.927. The quantitative estimate of drug-likeness (QED) is 0.143. The van der Waals surface area contributed by atoms with Gasteiger partial charge in [-0.05, 0) is 130 Å². The fourth-order valence-electron chi connectivity index (χ4n) is 10.1. The van der Waals surface area contributed by atoms with Gasteiger partial charge < -0.3 is 0 Å². The molecule has 0 aromatic rings. The molecule has 5 heteroatoms. The zero-order valence-electron chi connectivity index (χ0n) is 30.4. The van der Waals surface area contributed by atoms with Gasteiger partial charge in [0.25, 0.3) is 0 Å². The van der Waals surface area contributed by atoms with E-state index in [1.54, 1.807) is 154 Å². The molecule has 0 aromatic heterocycles. The number of allylic oxidation sites excluding steroid dienone is 1. The molecule has 0 nitrogen and oxygen atoms in total. The minimum absolute atomic E-state index is 0.346. The Hall–Kier alpha value is 1.58. The third kappa shape index (κ3) is 15.9. The molecule has 46 heavy (non-hydrogen) atoms. The summed E-state index contributed by atoms with van der Waals surface area (Å²) in [5, 5.41) is 0. The van der Waals surface area contributed by atoms with Crippen molar-refractivity contribution in [1.82, 2.24) is 0 Å². The van der Waals surface area contributed by atoms with Crippen LogP contribution < -0.4 is 0 Å². The second-order valence-electron chi connectivity index (χ2n) is 15.9. The fourth-order valence-corrected chi connectivity index (χ4v) is 19.4. The Bertz CT molecular complexity index is 637. The Balaban J connectivity index is 0.000000204. The average molecular weight is 801 g/mol. The van der Waals surface area contributed by atoms with Crippen molar-refractivity contribution in [3.8, 4) is 0 Å². The maximum absolute atomic E-state index is 4.85. The topological polar surface area (TPSA) is 0 Å². The van der Waals surface area contributed by atoms with Gasteiger partial charge in [-0.25, -0.2) is 0 Å². The third-order valence-electron chi connectivity index (χ3n) is 12.3. The first-order chi connectivity index (χ1) is 22.6. The van der Waals surface area contributed by atoms with Crippen LogP contribution in [0.2, 0.25) is 0 Å². The van der Waals surface area contributed by atoms with E-state index in [4.69, 9.17) is 19.4 Å². The summed E-state index contributed by atoms with van der Waals surface area (Å²) in [6, 6.07) is 0. The SMILES string of the molecule is C1CCC(P(C2CCCCC2)C2CCCCC2)CC1.C1CCC(P(C2CCCCC2)C2CCCCC2)CC1.C=C=C(C)C.[Cl][Ru][Cl]. The molecule has 0 N–H and O–H groups in total. The number of hydrogen-bond acceptors (Lipinski definition) is 0. The van der Waals surface area contributed by atoms with E-state index in [0.29, 0.717) is 15.8 Å². The second kappa shape index (κ2) is 26.4. The van der Waals surface area contributed by atoms with Crippen molar-refractivity contribution in [3.05, 3.63) is 17.9 Å². The molecule has 0 heterocycles. The van der Waals surface area contributed by atoms with Gasteiger partial charge in [-0.1, -0.05) is 138 Å². The van der Waals surface area contributed by atoms with Crippen LogP contribution in [0.1, 0.15) is 206 Å². The molecule has 6 aliphatic rings. The van der Waals surface area contributed by atoms with Gasteiger partial charge in [0.15, 0.2) is 0 Å². The normalized spacial score (nSPS) is 25.0. The molecule has 0 aliphatic heterocycles. The molecular formula is C41H74Cl2P2Ru. The molecule has 0 bridgehead atoms. The van der Waals surface area contributed by atoms with Gasteiger partial charge in [0, 0.05) is 0 Å². The molecule has 0 atom stereocenters. The summed E-state index contributed by atoms with van der Waals surface area (Å²) in [6.07, 6.45) is 47.2. The summed E-state index contributed by atoms with van der Waals surface area (Å²) in [6.45, 7) is 7.33. The first-order valence-electron chi connectivity index (χ1n) is 20.3. The molecule has 270 valence electrons. The summed E-state index contributed by atoms with van der Waals surface area (Å²) in [7, 11) is 10.5. The Labute approximate surface area is 306 Å². The van der Waals surface area contributed by atoms with Gasteiger partial charge in [-0.3, -0.25) is 0 Å². The molecule has 6 aliphatic carbocycles. The summed E-state index contributed by atoms with van der Waals surface area (Å²) in [4.78, 5) is 0. The Kier molecular flexibility index (Phi) is 24.1. The molecule has 0 unspecified atom stereocenters. The minimum atomic E-state index is -0.346. The standard InChI is InChI=1S/2C18H33P.C5H8.2ClH.Ru/c2*1-4-10-16(11-5-1)19(17-12-6-2-7-13-17)18-14-8-3-9-15-18;1-4-5(2)3;;;/h2*16-18H,1-15H2;1H2,2-3H3;2*1H;/q;;;;;+2/p-2. The molecule has 0 radical (unpaired) electrons. The summed E-state index contributed by atoms with van der Waals surface area (Å²) in [5.74, 6) is 0. The average Bonchev–Trinajstić information content (AvgIpc) is 3.12. The van der Waals surface area contributed by atoms with Gasteiger partial charge in [0.2, 0.25) is 0 Å². The second-order valence-corrected chi connectivity index (χ2v) is 24.7. The van der Waals surface area contributed by atoms with E-state index < -0.39 is 0 Å². The van der Waals surface area contributed by atoms with Crippen molar-refractivity contribution in [2.75, 3.05) is 0 Å². The molecule has 0 aromatic carbocycles. The van der Waals surface area contributed by atoms with Crippen LogP contribution >= 0.6 is 35.2 Å². The van der Waals surface area contributed by atoms with Crippen LogP contribution in [0.25, 0.3) is 0 Å². The Morgan fingerprint density at radius 2 is 0.543 bits per heavy atom. The third-order valence-corrected chi connectivity index (χ3v) is 20.5. The monoisotopic (exact) mass is 800 g/mol. The van der Waals surface area contributed by atoms with Crippen molar-refractivity contribution < 1.29 is 15.1 Å². The van der Waals surface area contributed by atoms with Crippen LogP contribution in [0.5, 0.6) is 0 Å². The molecule has 0 amide bonds. The maximum atomic E-state index is 4.85. The molecular weight excluding hydrogens is 726 g/mol. The van der Waals surface area contributed by atoms with Crippen molar-refractivity contribution in [2.24, 2.45) is 0 Å².